The standard InChI is InChI=1S/C18H13F5N2O2/c1-9-12-7-10(19)8-13(20)15(12)27-14(9)16(18(21,22)23)25-17(26)24-11-5-3-2-4-6-11/h2-8,16H,1H3,(H2,24,25,26)/t16-/m1/s1. The smallest absolute Gasteiger partial charge is 0.416 e. The van der Waals surface area contributed by atoms with Gasteiger partial charge in [-0.2, -0.15) is 13.2 Å². The molecule has 1 aromatic heterocycles. The van der Waals surface area contributed by atoms with Crippen molar-refractivity contribution >= 4 is 22.7 Å². The monoisotopic (exact) mass is 384 g/mol. The molecule has 0 aliphatic heterocycles. The maximum absolute atomic E-state index is 13.8. The number of nitrogens with one attached hydrogen (secondary N) is 2. The molecule has 0 saturated heterocycles. The van der Waals surface area contributed by atoms with Crippen molar-refractivity contribution in [3.8, 4) is 0 Å². The first kappa shape index (κ1) is 18.7. The number of anilines is 1. The Balaban J connectivity index is 1.96. The Hall–Kier alpha value is -3.10. The Labute approximate surface area is 150 Å². The molecule has 0 bridgehead atoms. The number of alkyl halides is 3. The molecular weight excluding hydrogens is 371 g/mol. The largest absolute Gasteiger partial charge is 0.455 e. The molecule has 0 aliphatic rings. The fourth-order valence-electron chi connectivity index (χ4n) is 2.65. The summed E-state index contributed by atoms with van der Waals surface area (Å²) in [5.74, 6) is -2.80. The number of urea groups is 1. The summed E-state index contributed by atoms with van der Waals surface area (Å²) >= 11 is 0. The van der Waals surface area contributed by atoms with E-state index in [4.69, 9.17) is 4.42 Å². The number of aryl methyl sites for hydroxylation is 1. The van der Waals surface area contributed by atoms with Crippen LogP contribution in [0.5, 0.6) is 0 Å². The highest BCUT2D eigenvalue weighted by Gasteiger charge is 2.45. The van der Waals surface area contributed by atoms with Gasteiger partial charge in [-0.25, -0.2) is 13.6 Å². The van der Waals surface area contributed by atoms with Crippen LogP contribution in [0.1, 0.15) is 17.4 Å². The fraction of sp³-hybridized carbons (Fsp3) is 0.167. The number of hydrogen-bond donors (Lipinski definition) is 2. The highest BCUT2D eigenvalue weighted by atomic mass is 19.4. The number of carbonyl (C=O) groups is 1. The number of rotatable bonds is 3. The van der Waals surface area contributed by atoms with E-state index in [1.54, 1.807) is 23.5 Å². The lowest BCUT2D eigenvalue weighted by Crippen LogP contribution is -2.40. The molecule has 3 aromatic rings. The number of para-hydroxylation sites is 1. The highest BCUT2D eigenvalue weighted by Crippen LogP contribution is 2.39. The van der Waals surface area contributed by atoms with E-state index in [2.05, 4.69) is 5.32 Å². The molecule has 0 saturated carbocycles. The summed E-state index contributed by atoms with van der Waals surface area (Å²) in [5, 5.41) is 3.90. The van der Waals surface area contributed by atoms with E-state index >= 15 is 0 Å². The first-order valence-corrected chi connectivity index (χ1v) is 7.74. The minimum atomic E-state index is -4.93. The molecule has 2 N–H and O–H groups in total. The quantitative estimate of drug-likeness (QED) is 0.591. The number of halogens is 5. The Kier molecular flexibility index (Phi) is 4.77. The minimum Gasteiger partial charge on any atom is -0.455 e. The zero-order valence-electron chi connectivity index (χ0n) is 13.8. The van der Waals surface area contributed by atoms with Crippen LogP contribution in [0.2, 0.25) is 0 Å². The number of carbonyl (C=O) groups excluding carboxylic acids is 1. The maximum atomic E-state index is 13.8. The van der Waals surface area contributed by atoms with Gasteiger partial charge in [0.15, 0.2) is 17.4 Å². The third-order valence-corrected chi connectivity index (χ3v) is 3.89. The molecule has 1 heterocycles. The Morgan fingerprint density at radius 3 is 2.41 bits per heavy atom. The van der Waals surface area contributed by atoms with Crippen LogP contribution in [0, 0.1) is 18.6 Å². The average Bonchev–Trinajstić information content (AvgIpc) is 2.90. The molecule has 142 valence electrons. The molecule has 0 radical (unpaired) electrons. The molecular formula is C18H13F5N2O2. The number of hydrogen-bond acceptors (Lipinski definition) is 2. The predicted molar refractivity (Wildman–Crippen MR) is 88.3 cm³/mol. The van der Waals surface area contributed by atoms with Crippen LogP contribution in [0.15, 0.2) is 46.9 Å². The third kappa shape index (κ3) is 3.86. The van der Waals surface area contributed by atoms with Crippen LogP contribution in [0.4, 0.5) is 32.4 Å². The topological polar surface area (TPSA) is 54.3 Å². The lowest BCUT2D eigenvalue weighted by Gasteiger charge is -2.20. The van der Waals surface area contributed by atoms with Crippen LogP contribution in [0.25, 0.3) is 11.0 Å². The highest BCUT2D eigenvalue weighted by molar-refractivity contribution is 5.90. The van der Waals surface area contributed by atoms with Gasteiger partial charge in [0.25, 0.3) is 0 Å². The molecule has 0 spiro atoms. The zero-order valence-corrected chi connectivity index (χ0v) is 13.8. The second-order valence-electron chi connectivity index (χ2n) is 5.79. The predicted octanol–water partition coefficient (Wildman–Crippen LogP) is 5.44. The molecule has 27 heavy (non-hydrogen) atoms. The third-order valence-electron chi connectivity index (χ3n) is 3.89. The number of furan rings is 1. The van der Waals surface area contributed by atoms with Crippen molar-refractivity contribution < 1.29 is 31.2 Å². The summed E-state index contributed by atoms with van der Waals surface area (Å²) in [6.45, 7) is 1.23. The lowest BCUT2D eigenvalue weighted by atomic mass is 10.1. The van der Waals surface area contributed by atoms with Crippen molar-refractivity contribution in [2.45, 2.75) is 19.1 Å². The molecule has 4 nitrogen and oxygen atoms in total. The summed E-state index contributed by atoms with van der Waals surface area (Å²) < 4.78 is 72.8. The summed E-state index contributed by atoms with van der Waals surface area (Å²) in [4.78, 5) is 12.0. The lowest BCUT2D eigenvalue weighted by molar-refractivity contribution is -0.158. The van der Waals surface area contributed by atoms with E-state index in [1.807, 2.05) is 0 Å². The zero-order chi connectivity index (χ0) is 19.8. The van der Waals surface area contributed by atoms with Gasteiger partial charge in [-0.15, -0.1) is 0 Å². The van der Waals surface area contributed by atoms with Crippen molar-refractivity contribution in [3.05, 3.63) is 65.4 Å². The number of fused-ring (bicyclic) bond motifs is 1. The first-order chi connectivity index (χ1) is 12.7. The summed E-state index contributed by atoms with van der Waals surface area (Å²) in [6, 6.07) is 5.55. The van der Waals surface area contributed by atoms with Crippen LogP contribution >= 0.6 is 0 Å². The van der Waals surface area contributed by atoms with Gasteiger partial charge in [-0.1, -0.05) is 18.2 Å². The van der Waals surface area contributed by atoms with Crippen LogP contribution in [0.3, 0.4) is 0 Å². The van der Waals surface area contributed by atoms with Crippen molar-refractivity contribution in [2.75, 3.05) is 5.32 Å². The number of amides is 2. The van der Waals surface area contributed by atoms with E-state index in [-0.39, 0.29) is 16.6 Å². The fourth-order valence-corrected chi connectivity index (χ4v) is 2.65. The normalized spacial score (nSPS) is 12.8. The van der Waals surface area contributed by atoms with Gasteiger partial charge >= 0.3 is 12.2 Å². The van der Waals surface area contributed by atoms with Crippen LogP contribution < -0.4 is 10.6 Å². The van der Waals surface area contributed by atoms with Crippen LogP contribution in [-0.4, -0.2) is 12.2 Å². The minimum absolute atomic E-state index is 0.120. The number of benzene rings is 2. The van der Waals surface area contributed by atoms with Gasteiger partial charge < -0.3 is 15.1 Å². The maximum Gasteiger partial charge on any atom is 0.416 e. The molecule has 3 rings (SSSR count). The second-order valence-corrected chi connectivity index (χ2v) is 5.79. The van der Waals surface area contributed by atoms with Gasteiger partial charge in [0.1, 0.15) is 11.6 Å². The molecule has 2 amide bonds. The van der Waals surface area contributed by atoms with Crippen LogP contribution in [-0.2, 0) is 0 Å². The molecule has 0 unspecified atom stereocenters. The Bertz CT molecular complexity index is 983. The van der Waals surface area contributed by atoms with Gasteiger partial charge in [0.05, 0.1) is 0 Å². The van der Waals surface area contributed by atoms with Gasteiger partial charge in [-0.3, -0.25) is 0 Å². The summed E-state index contributed by atoms with van der Waals surface area (Å²) in [7, 11) is 0. The second kappa shape index (κ2) is 6.90. The first-order valence-electron chi connectivity index (χ1n) is 7.74. The van der Waals surface area contributed by atoms with Crippen molar-refractivity contribution in [1.29, 1.82) is 0 Å². The molecule has 0 aliphatic carbocycles. The Morgan fingerprint density at radius 1 is 1.11 bits per heavy atom. The summed E-state index contributed by atoms with van der Waals surface area (Å²) in [5.41, 5.74) is -0.348. The van der Waals surface area contributed by atoms with Gasteiger partial charge in [0, 0.05) is 22.7 Å². The molecule has 9 heteroatoms. The van der Waals surface area contributed by atoms with Gasteiger partial charge in [-0.05, 0) is 25.1 Å². The van der Waals surface area contributed by atoms with E-state index in [0.29, 0.717) is 6.07 Å². The molecule has 0 fully saturated rings. The van der Waals surface area contributed by atoms with E-state index in [1.165, 1.54) is 19.1 Å². The van der Waals surface area contributed by atoms with E-state index < -0.39 is 41.2 Å². The molecule has 1 atom stereocenters. The van der Waals surface area contributed by atoms with Crippen molar-refractivity contribution in [1.82, 2.24) is 5.32 Å². The summed E-state index contributed by atoms with van der Waals surface area (Å²) in [6.07, 6.45) is -4.93. The van der Waals surface area contributed by atoms with Crippen molar-refractivity contribution in [3.63, 3.8) is 0 Å². The van der Waals surface area contributed by atoms with Gasteiger partial charge in [0.2, 0.25) is 0 Å². The van der Waals surface area contributed by atoms with E-state index in [0.717, 1.165) is 6.07 Å². The Morgan fingerprint density at radius 2 is 1.78 bits per heavy atom. The average molecular weight is 384 g/mol. The van der Waals surface area contributed by atoms with E-state index in [9.17, 15) is 26.7 Å². The SMILES string of the molecule is Cc1c([C@@H](NC(=O)Nc2ccccc2)C(F)(F)F)oc2c(F)cc(F)cc12. The van der Waals surface area contributed by atoms with Crippen molar-refractivity contribution in [2.24, 2.45) is 0 Å². The molecule has 2 aromatic carbocycles.